The van der Waals surface area contributed by atoms with E-state index in [-0.39, 0.29) is 0 Å². The number of pyridine rings is 1. The van der Waals surface area contributed by atoms with E-state index in [1.165, 1.54) is 0 Å². The fraction of sp³-hybridized carbons (Fsp3) is 0. The molecule has 13 heavy (non-hydrogen) atoms. The van der Waals surface area contributed by atoms with Gasteiger partial charge in [-0.3, -0.25) is 0 Å². The maximum Gasteiger partial charge on any atom is 0.131 e. The van der Waals surface area contributed by atoms with Crippen molar-refractivity contribution in [2.75, 3.05) is 0 Å². The number of para-hydroxylation sites is 1. The summed E-state index contributed by atoms with van der Waals surface area (Å²) in [6.45, 7) is 0. The summed E-state index contributed by atoms with van der Waals surface area (Å²) in [5, 5.41) is 2.02. The summed E-state index contributed by atoms with van der Waals surface area (Å²) in [4.78, 5) is 4.21. The summed E-state index contributed by atoms with van der Waals surface area (Å²) in [6, 6.07) is 7.51. The zero-order valence-corrected chi connectivity index (χ0v) is 10.1. The van der Waals surface area contributed by atoms with Gasteiger partial charge in [0.05, 0.1) is 10.5 Å². The van der Waals surface area contributed by atoms with Gasteiger partial charge in [0.25, 0.3) is 0 Å². The average Bonchev–Trinajstić information content (AvgIpc) is 2.07. The fourth-order valence-corrected chi connectivity index (χ4v) is 2.27. The van der Waals surface area contributed by atoms with Crippen molar-refractivity contribution in [3.63, 3.8) is 0 Å². The highest BCUT2D eigenvalue weighted by atomic mass is 127. The Kier molecular flexibility index (Phi) is 2.62. The summed E-state index contributed by atoms with van der Waals surface area (Å²) < 4.78 is 1.06. The second-order valence-corrected chi connectivity index (χ2v) is 4.52. The summed E-state index contributed by atoms with van der Waals surface area (Å²) >= 11 is 14.0. The lowest BCUT2D eigenvalue weighted by Crippen LogP contribution is -1.84. The number of nitrogens with zero attached hydrogens (tertiary/aromatic N) is 1. The highest BCUT2D eigenvalue weighted by Gasteiger charge is 2.04. The molecule has 0 saturated heterocycles. The number of hydrogen-bond acceptors (Lipinski definition) is 1. The van der Waals surface area contributed by atoms with Crippen LogP contribution in [-0.2, 0) is 0 Å². The van der Waals surface area contributed by atoms with Gasteiger partial charge in [0.15, 0.2) is 0 Å². The molecule has 0 amide bonds. The van der Waals surface area contributed by atoms with Crippen LogP contribution in [0.2, 0.25) is 10.2 Å². The molecule has 2 aromatic rings. The van der Waals surface area contributed by atoms with Gasteiger partial charge >= 0.3 is 0 Å². The number of halogens is 3. The van der Waals surface area contributed by atoms with Crippen LogP contribution >= 0.6 is 45.8 Å². The Balaban J connectivity index is 2.94. The molecule has 1 aromatic carbocycles. The Bertz CT molecular complexity index is 470. The average molecular weight is 324 g/mol. The Morgan fingerprint density at radius 1 is 1.23 bits per heavy atom. The second kappa shape index (κ2) is 3.59. The lowest BCUT2D eigenvalue weighted by atomic mass is 10.2. The van der Waals surface area contributed by atoms with Gasteiger partial charge in [0, 0.05) is 8.96 Å². The molecule has 0 aliphatic carbocycles. The van der Waals surface area contributed by atoms with Crippen molar-refractivity contribution in [1.82, 2.24) is 4.98 Å². The molecule has 1 heterocycles. The van der Waals surface area contributed by atoms with Crippen LogP contribution < -0.4 is 0 Å². The Morgan fingerprint density at radius 3 is 2.77 bits per heavy atom. The lowest BCUT2D eigenvalue weighted by molar-refractivity contribution is 1.40. The number of fused-ring (bicyclic) bond motifs is 1. The van der Waals surface area contributed by atoms with Gasteiger partial charge in [-0.2, -0.15) is 0 Å². The molecule has 1 nitrogen and oxygen atoms in total. The molecule has 0 saturated carbocycles. The standard InChI is InChI=1S/C9H4Cl2IN/c10-6-4-8(11)13-9-5(6)2-1-3-7(9)12/h1-4H. The van der Waals surface area contributed by atoms with Crippen LogP contribution in [0.1, 0.15) is 0 Å². The molecule has 66 valence electrons. The largest absolute Gasteiger partial charge is 0.235 e. The first-order valence-corrected chi connectivity index (χ1v) is 5.42. The monoisotopic (exact) mass is 323 g/mol. The first-order chi connectivity index (χ1) is 6.18. The SMILES string of the molecule is Clc1cc(Cl)c2cccc(I)c2n1. The lowest BCUT2D eigenvalue weighted by Gasteiger charge is -2.01. The van der Waals surface area contributed by atoms with Crippen LogP contribution in [0, 0.1) is 3.57 Å². The third kappa shape index (κ3) is 1.75. The first kappa shape index (κ1) is 9.49. The molecule has 0 atom stereocenters. The molecule has 0 bridgehead atoms. The predicted octanol–water partition coefficient (Wildman–Crippen LogP) is 4.15. The topological polar surface area (TPSA) is 12.9 Å². The highest BCUT2D eigenvalue weighted by molar-refractivity contribution is 14.1. The maximum absolute atomic E-state index is 6.01. The molecule has 0 fully saturated rings. The van der Waals surface area contributed by atoms with Gasteiger partial charge < -0.3 is 0 Å². The molecule has 0 radical (unpaired) electrons. The van der Waals surface area contributed by atoms with E-state index >= 15 is 0 Å². The van der Waals surface area contributed by atoms with Gasteiger partial charge in [-0.15, -0.1) is 0 Å². The first-order valence-electron chi connectivity index (χ1n) is 3.59. The van der Waals surface area contributed by atoms with Gasteiger partial charge in [-0.05, 0) is 34.7 Å². The molecular weight excluding hydrogens is 320 g/mol. The molecule has 0 N–H and O–H groups in total. The van der Waals surface area contributed by atoms with Gasteiger partial charge in [0.1, 0.15) is 5.15 Å². The van der Waals surface area contributed by atoms with E-state index in [4.69, 9.17) is 23.2 Å². The Labute approximate surface area is 99.2 Å². The third-order valence-corrected chi connectivity index (χ3v) is 3.09. The summed E-state index contributed by atoms with van der Waals surface area (Å²) in [5.41, 5.74) is 0.862. The van der Waals surface area contributed by atoms with Crippen LogP contribution in [0.15, 0.2) is 24.3 Å². The van der Waals surface area contributed by atoms with Crippen LogP contribution in [0.4, 0.5) is 0 Å². The van der Waals surface area contributed by atoms with E-state index in [9.17, 15) is 0 Å². The molecular formula is C9H4Cl2IN. The normalized spacial score (nSPS) is 10.7. The minimum atomic E-state index is 0.432. The smallest absolute Gasteiger partial charge is 0.131 e. The summed E-state index contributed by atoms with van der Waals surface area (Å²) in [7, 11) is 0. The van der Waals surface area contributed by atoms with E-state index in [1.54, 1.807) is 6.07 Å². The predicted molar refractivity (Wildman–Crippen MR) is 64.5 cm³/mol. The van der Waals surface area contributed by atoms with Crippen LogP contribution in [0.3, 0.4) is 0 Å². The fourth-order valence-electron chi connectivity index (χ4n) is 1.14. The van der Waals surface area contributed by atoms with Crippen molar-refractivity contribution in [3.8, 4) is 0 Å². The number of benzene rings is 1. The van der Waals surface area contributed by atoms with Crippen molar-refractivity contribution in [2.45, 2.75) is 0 Å². The molecule has 0 aliphatic rings. The van der Waals surface area contributed by atoms with Crippen molar-refractivity contribution in [3.05, 3.63) is 38.0 Å². The van der Waals surface area contributed by atoms with E-state index in [0.717, 1.165) is 14.5 Å². The Morgan fingerprint density at radius 2 is 2.00 bits per heavy atom. The molecule has 1 aromatic heterocycles. The maximum atomic E-state index is 6.01. The zero-order valence-electron chi connectivity index (χ0n) is 6.39. The number of rotatable bonds is 0. The third-order valence-electron chi connectivity index (χ3n) is 1.71. The van der Waals surface area contributed by atoms with E-state index in [1.807, 2.05) is 18.2 Å². The quantitative estimate of drug-likeness (QED) is 0.524. The molecule has 2 rings (SSSR count). The molecule has 4 heteroatoms. The van der Waals surface area contributed by atoms with E-state index in [2.05, 4.69) is 27.6 Å². The second-order valence-electron chi connectivity index (χ2n) is 2.56. The van der Waals surface area contributed by atoms with Crippen molar-refractivity contribution in [2.24, 2.45) is 0 Å². The number of hydrogen-bond donors (Lipinski definition) is 0. The zero-order chi connectivity index (χ0) is 9.42. The summed E-state index contributed by atoms with van der Waals surface area (Å²) in [5.74, 6) is 0. The van der Waals surface area contributed by atoms with Gasteiger partial charge in [-0.25, -0.2) is 4.98 Å². The van der Waals surface area contributed by atoms with Crippen LogP contribution in [0.25, 0.3) is 10.9 Å². The van der Waals surface area contributed by atoms with Crippen LogP contribution in [-0.4, -0.2) is 4.98 Å². The van der Waals surface area contributed by atoms with Gasteiger partial charge in [0.2, 0.25) is 0 Å². The molecule has 0 unspecified atom stereocenters. The van der Waals surface area contributed by atoms with Gasteiger partial charge in [-0.1, -0.05) is 35.3 Å². The van der Waals surface area contributed by atoms with E-state index < -0.39 is 0 Å². The molecule has 0 spiro atoms. The Hall–Kier alpha value is -0.0600. The van der Waals surface area contributed by atoms with Crippen LogP contribution in [0.5, 0.6) is 0 Å². The minimum Gasteiger partial charge on any atom is -0.235 e. The highest BCUT2D eigenvalue weighted by Crippen LogP contribution is 2.27. The number of aromatic nitrogens is 1. The molecule has 0 aliphatic heterocycles. The van der Waals surface area contributed by atoms with E-state index in [0.29, 0.717) is 10.2 Å². The van der Waals surface area contributed by atoms with Crippen molar-refractivity contribution >= 4 is 56.7 Å². The van der Waals surface area contributed by atoms with Crippen molar-refractivity contribution < 1.29 is 0 Å². The van der Waals surface area contributed by atoms with Crippen molar-refractivity contribution in [1.29, 1.82) is 0 Å². The minimum absolute atomic E-state index is 0.432. The summed E-state index contributed by atoms with van der Waals surface area (Å²) in [6.07, 6.45) is 0.